The van der Waals surface area contributed by atoms with Crippen LogP contribution < -0.4 is 0 Å². The molecule has 110 valence electrons. The molecule has 2 unspecified atom stereocenters. The van der Waals surface area contributed by atoms with Gasteiger partial charge in [-0.1, -0.05) is 0 Å². The fraction of sp³-hybridized carbons (Fsp3) is 0.500. The molecule has 3 rings (SSSR count). The second kappa shape index (κ2) is 5.32. The van der Waals surface area contributed by atoms with Crippen molar-refractivity contribution in [2.45, 2.75) is 44.2 Å². The molecule has 2 atom stereocenters. The zero-order chi connectivity index (χ0) is 15.0. The highest BCUT2D eigenvalue weighted by Crippen LogP contribution is 2.32. The number of nitrogens with zero attached hydrogens (tertiary/aromatic N) is 3. The molecule has 0 N–H and O–H groups in total. The van der Waals surface area contributed by atoms with E-state index in [1.807, 2.05) is 19.1 Å². The van der Waals surface area contributed by atoms with Gasteiger partial charge in [-0.2, -0.15) is 5.26 Å². The van der Waals surface area contributed by atoms with Crippen LogP contribution in [0.4, 0.5) is 0 Å². The smallest absolute Gasteiger partial charge is 0.127 e. The van der Waals surface area contributed by atoms with Crippen molar-refractivity contribution >= 4 is 22.6 Å². The van der Waals surface area contributed by atoms with Crippen molar-refractivity contribution in [3.8, 4) is 6.07 Å². The van der Waals surface area contributed by atoms with Gasteiger partial charge in [-0.3, -0.25) is 0 Å². The maximum absolute atomic E-state index is 9.11. The molecule has 2 aromatic rings. The molecule has 4 nitrogen and oxygen atoms in total. The Labute approximate surface area is 129 Å². The number of hydrogen-bond acceptors (Lipinski definition) is 3. The van der Waals surface area contributed by atoms with E-state index in [1.165, 1.54) is 0 Å². The number of benzene rings is 1. The van der Waals surface area contributed by atoms with E-state index in [2.05, 4.69) is 22.5 Å². The number of fused-ring (bicyclic) bond motifs is 1. The van der Waals surface area contributed by atoms with Crippen LogP contribution in [0, 0.1) is 11.3 Å². The lowest BCUT2D eigenvalue weighted by molar-refractivity contribution is 0.00649. The fourth-order valence-electron chi connectivity index (χ4n) is 2.98. The molecule has 1 aliphatic heterocycles. The predicted molar refractivity (Wildman–Crippen MR) is 82.3 cm³/mol. The molecule has 0 radical (unpaired) electrons. The molecule has 1 aromatic heterocycles. The Hall–Kier alpha value is -1.57. The Kier molecular flexibility index (Phi) is 3.64. The Morgan fingerprint density at radius 2 is 2.38 bits per heavy atom. The van der Waals surface area contributed by atoms with Crippen LogP contribution in [-0.4, -0.2) is 21.8 Å². The molecule has 0 amide bonds. The third-order valence-corrected chi connectivity index (χ3v) is 4.25. The lowest BCUT2D eigenvalue weighted by Crippen LogP contribution is -2.30. The second-order valence-corrected chi connectivity index (χ2v) is 6.54. The van der Waals surface area contributed by atoms with Crippen LogP contribution in [0.5, 0.6) is 0 Å². The van der Waals surface area contributed by atoms with E-state index in [9.17, 15) is 0 Å². The molecule has 0 bridgehead atoms. The number of halogens is 1. The zero-order valence-electron chi connectivity index (χ0n) is 12.3. The Balaban J connectivity index is 2.12. The van der Waals surface area contributed by atoms with E-state index in [0.717, 1.165) is 36.3 Å². The standard InChI is InChI=1S/C16H18ClN3O/c1-11(17)15-19-13-5-4-12(9-18)8-14(13)20(15)10-16(2)6-3-7-21-16/h4-5,8,11H,3,6-7,10H2,1-2H3. The van der Waals surface area contributed by atoms with Crippen LogP contribution in [-0.2, 0) is 11.3 Å². The van der Waals surface area contributed by atoms with Gasteiger partial charge >= 0.3 is 0 Å². The minimum absolute atomic E-state index is 0.184. The number of aromatic nitrogens is 2. The summed E-state index contributed by atoms with van der Waals surface area (Å²) in [5.74, 6) is 0.832. The van der Waals surface area contributed by atoms with Gasteiger partial charge in [0.2, 0.25) is 0 Å². The molecule has 0 saturated carbocycles. The van der Waals surface area contributed by atoms with E-state index in [-0.39, 0.29) is 11.0 Å². The summed E-state index contributed by atoms with van der Waals surface area (Å²) >= 11 is 6.30. The average molecular weight is 304 g/mol. The second-order valence-electron chi connectivity index (χ2n) is 5.89. The van der Waals surface area contributed by atoms with Crippen molar-refractivity contribution in [3.05, 3.63) is 29.6 Å². The van der Waals surface area contributed by atoms with Gasteiger partial charge in [0.15, 0.2) is 0 Å². The highest BCUT2D eigenvalue weighted by molar-refractivity contribution is 6.20. The number of hydrogen-bond donors (Lipinski definition) is 0. The molecule has 0 spiro atoms. The first-order valence-corrected chi connectivity index (χ1v) is 7.64. The summed E-state index contributed by atoms with van der Waals surface area (Å²) in [6.45, 7) is 5.56. The van der Waals surface area contributed by atoms with E-state index in [1.54, 1.807) is 6.07 Å². The van der Waals surface area contributed by atoms with Crippen LogP contribution in [0.25, 0.3) is 11.0 Å². The number of nitriles is 1. The van der Waals surface area contributed by atoms with Gasteiger partial charge in [-0.05, 0) is 44.9 Å². The van der Waals surface area contributed by atoms with Crippen molar-refractivity contribution in [1.29, 1.82) is 5.26 Å². The van der Waals surface area contributed by atoms with Gasteiger partial charge in [0, 0.05) is 6.61 Å². The Morgan fingerprint density at radius 3 is 3.00 bits per heavy atom. The van der Waals surface area contributed by atoms with Gasteiger partial charge < -0.3 is 9.30 Å². The highest BCUT2D eigenvalue weighted by atomic mass is 35.5. The van der Waals surface area contributed by atoms with Crippen LogP contribution in [0.1, 0.15) is 43.5 Å². The summed E-state index contributed by atoms with van der Waals surface area (Å²) in [5.41, 5.74) is 2.28. The summed E-state index contributed by atoms with van der Waals surface area (Å²) in [4.78, 5) is 4.63. The van der Waals surface area contributed by atoms with Gasteiger partial charge in [-0.25, -0.2) is 4.98 Å². The van der Waals surface area contributed by atoms with Crippen LogP contribution in [0.2, 0.25) is 0 Å². The summed E-state index contributed by atoms with van der Waals surface area (Å²) < 4.78 is 8.01. The summed E-state index contributed by atoms with van der Waals surface area (Å²) in [6, 6.07) is 7.73. The van der Waals surface area contributed by atoms with Gasteiger partial charge in [0.25, 0.3) is 0 Å². The average Bonchev–Trinajstić information content (AvgIpc) is 3.03. The topological polar surface area (TPSA) is 50.8 Å². The Morgan fingerprint density at radius 1 is 1.57 bits per heavy atom. The third-order valence-electron chi connectivity index (χ3n) is 4.06. The lowest BCUT2D eigenvalue weighted by atomic mass is 10.0. The molecule has 0 aliphatic carbocycles. The summed E-state index contributed by atoms with van der Waals surface area (Å²) in [5, 5.41) is 8.92. The molecule has 1 aliphatic rings. The van der Waals surface area contributed by atoms with E-state index >= 15 is 0 Å². The number of imidazole rings is 1. The largest absolute Gasteiger partial charge is 0.373 e. The third kappa shape index (κ3) is 2.64. The first-order chi connectivity index (χ1) is 10.0. The summed E-state index contributed by atoms with van der Waals surface area (Å²) in [7, 11) is 0. The van der Waals surface area contributed by atoms with Crippen molar-refractivity contribution < 1.29 is 4.74 Å². The van der Waals surface area contributed by atoms with Gasteiger partial charge in [0.1, 0.15) is 5.82 Å². The van der Waals surface area contributed by atoms with Gasteiger partial charge in [-0.15, -0.1) is 11.6 Å². The number of rotatable bonds is 3. The van der Waals surface area contributed by atoms with Crippen LogP contribution in [0.3, 0.4) is 0 Å². The van der Waals surface area contributed by atoms with Gasteiger partial charge in [0.05, 0.1) is 40.2 Å². The summed E-state index contributed by atoms with van der Waals surface area (Å²) in [6.07, 6.45) is 2.11. The minimum Gasteiger partial charge on any atom is -0.373 e. The van der Waals surface area contributed by atoms with E-state index < -0.39 is 0 Å². The molecule has 1 fully saturated rings. The molecule has 5 heteroatoms. The molecule has 21 heavy (non-hydrogen) atoms. The van der Waals surface area contributed by atoms with E-state index in [4.69, 9.17) is 21.6 Å². The lowest BCUT2D eigenvalue weighted by Gasteiger charge is -2.25. The molecule has 2 heterocycles. The molecular weight excluding hydrogens is 286 g/mol. The normalized spacial score (nSPS) is 23.3. The first-order valence-electron chi connectivity index (χ1n) is 7.21. The number of alkyl halides is 1. The zero-order valence-corrected chi connectivity index (χ0v) is 13.0. The first kappa shape index (κ1) is 14.4. The molecular formula is C16H18ClN3O. The predicted octanol–water partition coefficient (Wildman–Crippen LogP) is 3.78. The number of ether oxygens (including phenoxy) is 1. The fourth-order valence-corrected chi connectivity index (χ4v) is 3.14. The maximum atomic E-state index is 9.11. The minimum atomic E-state index is -0.187. The molecule has 1 aromatic carbocycles. The maximum Gasteiger partial charge on any atom is 0.127 e. The van der Waals surface area contributed by atoms with Crippen molar-refractivity contribution in [2.24, 2.45) is 0 Å². The quantitative estimate of drug-likeness (QED) is 0.811. The van der Waals surface area contributed by atoms with Crippen molar-refractivity contribution in [1.82, 2.24) is 9.55 Å². The highest BCUT2D eigenvalue weighted by Gasteiger charge is 2.32. The molecule has 1 saturated heterocycles. The van der Waals surface area contributed by atoms with E-state index in [0.29, 0.717) is 12.1 Å². The Bertz CT molecular complexity index is 708. The van der Waals surface area contributed by atoms with Crippen LogP contribution >= 0.6 is 11.6 Å². The van der Waals surface area contributed by atoms with Crippen molar-refractivity contribution in [2.75, 3.05) is 6.61 Å². The SMILES string of the molecule is CC(Cl)c1nc2ccc(C#N)cc2n1CC1(C)CCCO1. The van der Waals surface area contributed by atoms with Crippen LogP contribution in [0.15, 0.2) is 18.2 Å². The van der Waals surface area contributed by atoms with Crippen molar-refractivity contribution in [3.63, 3.8) is 0 Å². The monoisotopic (exact) mass is 303 g/mol.